The Morgan fingerprint density at radius 1 is 1.64 bits per heavy atom. The highest BCUT2D eigenvalue weighted by Crippen LogP contribution is 2.20. The molecule has 0 fully saturated rings. The minimum Gasteiger partial charge on any atom is -0.463 e. The largest absolute Gasteiger partial charge is 0.463 e. The molecule has 1 heterocycles. The number of aliphatic hydroxyl groups is 1. The van der Waals surface area contributed by atoms with Crippen LogP contribution < -0.4 is 0 Å². The molecule has 4 heteroatoms. The number of hydrogen-bond donors (Lipinski definition) is 1. The van der Waals surface area contributed by atoms with Gasteiger partial charge in [-0.2, -0.15) is 0 Å². The summed E-state index contributed by atoms with van der Waals surface area (Å²) in [5.74, 6) is 0.00449. The van der Waals surface area contributed by atoms with Crippen molar-refractivity contribution in [2.75, 3.05) is 7.11 Å². The standard InChI is InChI=1S/C10H14O4/c1-3-4-7(11)8-5-6-9(14-8)10(12)13-2/h5-7,11H,3-4H2,1-2H3. The van der Waals surface area contributed by atoms with Crippen molar-refractivity contribution in [2.24, 2.45) is 0 Å². The van der Waals surface area contributed by atoms with Gasteiger partial charge in [0.25, 0.3) is 0 Å². The predicted octanol–water partition coefficient (Wildman–Crippen LogP) is 1.90. The third kappa shape index (κ3) is 2.35. The Morgan fingerprint density at radius 2 is 2.36 bits per heavy atom. The molecule has 1 unspecified atom stereocenters. The Labute approximate surface area is 82.5 Å². The molecular weight excluding hydrogens is 184 g/mol. The maximum Gasteiger partial charge on any atom is 0.373 e. The smallest absolute Gasteiger partial charge is 0.373 e. The summed E-state index contributed by atoms with van der Waals surface area (Å²) in [5, 5.41) is 9.54. The zero-order chi connectivity index (χ0) is 10.6. The highest BCUT2D eigenvalue weighted by atomic mass is 16.5. The predicted molar refractivity (Wildman–Crippen MR) is 49.9 cm³/mol. The lowest BCUT2D eigenvalue weighted by atomic mass is 10.2. The van der Waals surface area contributed by atoms with Crippen LogP contribution in [0.25, 0.3) is 0 Å². The number of methoxy groups -OCH3 is 1. The normalized spacial score (nSPS) is 12.5. The van der Waals surface area contributed by atoms with Crippen LogP contribution in [-0.4, -0.2) is 18.2 Å². The minimum atomic E-state index is -0.640. The average Bonchev–Trinajstić information content (AvgIpc) is 2.66. The van der Waals surface area contributed by atoms with E-state index in [0.717, 1.165) is 6.42 Å². The Balaban J connectivity index is 2.72. The van der Waals surface area contributed by atoms with Gasteiger partial charge in [-0.1, -0.05) is 13.3 Å². The molecule has 0 aliphatic rings. The number of hydrogen-bond acceptors (Lipinski definition) is 4. The average molecular weight is 198 g/mol. The van der Waals surface area contributed by atoms with Gasteiger partial charge < -0.3 is 14.3 Å². The molecule has 14 heavy (non-hydrogen) atoms. The molecule has 0 spiro atoms. The van der Waals surface area contributed by atoms with Crippen LogP contribution in [0.1, 0.15) is 42.2 Å². The van der Waals surface area contributed by atoms with E-state index in [0.29, 0.717) is 12.2 Å². The summed E-state index contributed by atoms with van der Waals surface area (Å²) in [6, 6.07) is 3.09. The number of aliphatic hydroxyl groups excluding tert-OH is 1. The molecule has 0 saturated carbocycles. The van der Waals surface area contributed by atoms with Crippen LogP contribution in [0.2, 0.25) is 0 Å². The van der Waals surface area contributed by atoms with Crippen LogP contribution >= 0.6 is 0 Å². The van der Waals surface area contributed by atoms with Crippen LogP contribution in [0.15, 0.2) is 16.5 Å². The first-order valence-electron chi connectivity index (χ1n) is 4.55. The number of esters is 1. The fraction of sp³-hybridized carbons (Fsp3) is 0.500. The zero-order valence-electron chi connectivity index (χ0n) is 8.32. The van der Waals surface area contributed by atoms with Crippen LogP contribution in [0.3, 0.4) is 0 Å². The third-order valence-electron chi connectivity index (χ3n) is 1.90. The molecule has 1 rings (SSSR count). The van der Waals surface area contributed by atoms with Crippen molar-refractivity contribution in [3.8, 4) is 0 Å². The number of rotatable bonds is 4. The Hall–Kier alpha value is -1.29. The van der Waals surface area contributed by atoms with Crippen LogP contribution in [0.5, 0.6) is 0 Å². The van der Waals surface area contributed by atoms with Crippen LogP contribution in [0, 0.1) is 0 Å². The zero-order valence-corrected chi connectivity index (χ0v) is 8.32. The summed E-state index contributed by atoms with van der Waals surface area (Å²) in [6.07, 6.45) is 0.835. The topological polar surface area (TPSA) is 59.7 Å². The minimum absolute atomic E-state index is 0.123. The van der Waals surface area contributed by atoms with E-state index in [2.05, 4.69) is 4.74 Å². The van der Waals surface area contributed by atoms with Gasteiger partial charge in [0, 0.05) is 0 Å². The van der Waals surface area contributed by atoms with E-state index < -0.39 is 12.1 Å². The van der Waals surface area contributed by atoms with Crippen molar-refractivity contribution in [2.45, 2.75) is 25.9 Å². The quantitative estimate of drug-likeness (QED) is 0.750. The molecule has 0 aliphatic carbocycles. The molecule has 0 amide bonds. The van der Waals surface area contributed by atoms with Crippen molar-refractivity contribution >= 4 is 5.97 Å². The number of ether oxygens (including phenoxy) is 1. The maximum absolute atomic E-state index is 11.0. The molecule has 0 radical (unpaired) electrons. The first-order valence-corrected chi connectivity index (χ1v) is 4.55. The molecular formula is C10H14O4. The first-order chi connectivity index (χ1) is 6.69. The van der Waals surface area contributed by atoms with Gasteiger partial charge in [-0.05, 0) is 18.6 Å². The van der Waals surface area contributed by atoms with E-state index in [1.54, 1.807) is 6.07 Å². The van der Waals surface area contributed by atoms with Crippen molar-refractivity contribution in [3.05, 3.63) is 23.7 Å². The van der Waals surface area contributed by atoms with Gasteiger partial charge in [-0.3, -0.25) is 0 Å². The molecule has 1 atom stereocenters. The Bertz CT molecular complexity index is 303. The second kappa shape index (κ2) is 4.81. The van der Waals surface area contributed by atoms with Crippen molar-refractivity contribution < 1.29 is 19.1 Å². The van der Waals surface area contributed by atoms with E-state index in [1.165, 1.54) is 13.2 Å². The van der Waals surface area contributed by atoms with Gasteiger partial charge >= 0.3 is 5.97 Å². The van der Waals surface area contributed by atoms with Crippen molar-refractivity contribution in [1.82, 2.24) is 0 Å². The van der Waals surface area contributed by atoms with Crippen molar-refractivity contribution in [3.63, 3.8) is 0 Å². The molecule has 1 N–H and O–H groups in total. The molecule has 0 saturated heterocycles. The highest BCUT2D eigenvalue weighted by Gasteiger charge is 2.15. The lowest BCUT2D eigenvalue weighted by molar-refractivity contribution is 0.0553. The lowest BCUT2D eigenvalue weighted by Gasteiger charge is -2.04. The summed E-state index contributed by atoms with van der Waals surface area (Å²) >= 11 is 0. The van der Waals surface area contributed by atoms with Gasteiger partial charge in [-0.25, -0.2) is 4.79 Å². The van der Waals surface area contributed by atoms with Gasteiger partial charge in [0.1, 0.15) is 11.9 Å². The fourth-order valence-electron chi connectivity index (χ4n) is 1.16. The molecule has 78 valence electrons. The van der Waals surface area contributed by atoms with Gasteiger partial charge in [0.05, 0.1) is 7.11 Å². The van der Waals surface area contributed by atoms with E-state index in [4.69, 9.17) is 4.42 Å². The Kier molecular flexibility index (Phi) is 3.71. The second-order valence-corrected chi connectivity index (χ2v) is 3.00. The van der Waals surface area contributed by atoms with E-state index in [9.17, 15) is 9.90 Å². The summed E-state index contributed by atoms with van der Waals surface area (Å²) in [5.41, 5.74) is 0. The van der Waals surface area contributed by atoms with Gasteiger partial charge in [0.2, 0.25) is 5.76 Å². The van der Waals surface area contributed by atoms with Crippen LogP contribution in [-0.2, 0) is 4.74 Å². The summed E-state index contributed by atoms with van der Waals surface area (Å²) < 4.78 is 9.60. The third-order valence-corrected chi connectivity index (χ3v) is 1.90. The highest BCUT2D eigenvalue weighted by molar-refractivity contribution is 5.86. The van der Waals surface area contributed by atoms with Gasteiger partial charge in [-0.15, -0.1) is 0 Å². The molecule has 1 aromatic rings. The lowest BCUT2D eigenvalue weighted by Crippen LogP contribution is -1.99. The van der Waals surface area contributed by atoms with Gasteiger partial charge in [0.15, 0.2) is 0 Å². The van der Waals surface area contributed by atoms with Crippen molar-refractivity contribution in [1.29, 1.82) is 0 Å². The molecule has 1 aromatic heterocycles. The van der Waals surface area contributed by atoms with Crippen LogP contribution in [0.4, 0.5) is 0 Å². The maximum atomic E-state index is 11.0. The number of furan rings is 1. The fourth-order valence-corrected chi connectivity index (χ4v) is 1.16. The Morgan fingerprint density at radius 3 is 2.93 bits per heavy atom. The second-order valence-electron chi connectivity index (χ2n) is 3.00. The van der Waals surface area contributed by atoms with E-state index in [1.807, 2.05) is 6.92 Å². The molecule has 0 aliphatic heterocycles. The molecule has 0 bridgehead atoms. The van der Waals surface area contributed by atoms with E-state index >= 15 is 0 Å². The molecule has 0 aromatic carbocycles. The monoisotopic (exact) mass is 198 g/mol. The summed E-state index contributed by atoms with van der Waals surface area (Å²) in [6.45, 7) is 1.97. The first kappa shape index (κ1) is 10.8. The van der Waals surface area contributed by atoms with E-state index in [-0.39, 0.29) is 5.76 Å². The summed E-state index contributed by atoms with van der Waals surface area (Å²) in [7, 11) is 1.28. The SMILES string of the molecule is CCCC(O)c1ccc(C(=O)OC)o1. The number of carbonyl (C=O) groups is 1. The number of carbonyl (C=O) groups excluding carboxylic acids is 1. The molecule has 4 nitrogen and oxygen atoms in total. The summed E-state index contributed by atoms with van der Waals surface area (Å²) in [4.78, 5) is 11.0.